The standard InChI is InChI=1S/C19H35NO4/c1-9-17(3,4)16(22)24-15-12-18(5,6)20(19(7,8)13-15)10-11-23-14(2)21/h15H,9-13H2,1-8H3. The van der Waals surface area contributed by atoms with Gasteiger partial charge in [-0.2, -0.15) is 0 Å². The van der Waals surface area contributed by atoms with E-state index in [1.54, 1.807) is 0 Å². The number of piperidine rings is 1. The summed E-state index contributed by atoms with van der Waals surface area (Å²) in [6.45, 7) is 17.0. The molecule has 0 N–H and O–H groups in total. The molecule has 1 aliphatic heterocycles. The number of esters is 2. The summed E-state index contributed by atoms with van der Waals surface area (Å²) in [4.78, 5) is 25.8. The van der Waals surface area contributed by atoms with Gasteiger partial charge in [0.05, 0.1) is 5.41 Å². The number of likely N-dealkylation sites (tertiary alicyclic amines) is 1. The van der Waals surface area contributed by atoms with E-state index in [2.05, 4.69) is 32.6 Å². The highest BCUT2D eigenvalue weighted by atomic mass is 16.5. The van der Waals surface area contributed by atoms with Gasteiger partial charge in [0.25, 0.3) is 0 Å². The Bertz CT molecular complexity index is 450. The van der Waals surface area contributed by atoms with E-state index in [9.17, 15) is 9.59 Å². The van der Waals surface area contributed by atoms with Gasteiger partial charge in [0.1, 0.15) is 12.7 Å². The first-order valence-corrected chi connectivity index (χ1v) is 8.94. The van der Waals surface area contributed by atoms with Gasteiger partial charge in [0.15, 0.2) is 0 Å². The number of ether oxygens (including phenoxy) is 2. The molecule has 0 saturated carbocycles. The SMILES string of the molecule is CCC(C)(C)C(=O)OC1CC(C)(C)N(CCOC(C)=O)C(C)(C)C1. The van der Waals surface area contributed by atoms with Crippen LogP contribution in [-0.2, 0) is 19.1 Å². The van der Waals surface area contributed by atoms with Gasteiger partial charge in [-0.15, -0.1) is 0 Å². The Morgan fingerprint density at radius 3 is 2.04 bits per heavy atom. The van der Waals surface area contributed by atoms with Crippen LogP contribution in [0.3, 0.4) is 0 Å². The van der Waals surface area contributed by atoms with Crippen molar-refractivity contribution in [3.8, 4) is 0 Å². The average molecular weight is 341 g/mol. The van der Waals surface area contributed by atoms with Gasteiger partial charge in [-0.25, -0.2) is 0 Å². The number of hydrogen-bond donors (Lipinski definition) is 0. The molecule has 0 bridgehead atoms. The van der Waals surface area contributed by atoms with Crippen molar-refractivity contribution in [2.24, 2.45) is 5.41 Å². The van der Waals surface area contributed by atoms with Crippen LogP contribution in [0.1, 0.15) is 74.7 Å². The predicted molar refractivity (Wildman–Crippen MR) is 94.7 cm³/mol. The fourth-order valence-electron chi connectivity index (χ4n) is 3.65. The van der Waals surface area contributed by atoms with Gasteiger partial charge in [0.2, 0.25) is 0 Å². The van der Waals surface area contributed by atoms with Crippen LogP contribution < -0.4 is 0 Å². The van der Waals surface area contributed by atoms with Crippen LogP contribution in [0.4, 0.5) is 0 Å². The molecule has 5 heteroatoms. The number of nitrogens with zero attached hydrogens (tertiary/aromatic N) is 1. The van der Waals surface area contributed by atoms with Gasteiger partial charge in [-0.05, 0) is 48.0 Å². The molecule has 0 aliphatic carbocycles. The van der Waals surface area contributed by atoms with E-state index < -0.39 is 5.41 Å². The van der Waals surface area contributed by atoms with Gasteiger partial charge >= 0.3 is 11.9 Å². The van der Waals surface area contributed by atoms with Crippen LogP contribution in [0.25, 0.3) is 0 Å². The fraction of sp³-hybridized carbons (Fsp3) is 0.895. The van der Waals surface area contributed by atoms with Crippen molar-refractivity contribution in [3.05, 3.63) is 0 Å². The van der Waals surface area contributed by atoms with Crippen molar-refractivity contribution < 1.29 is 19.1 Å². The van der Waals surface area contributed by atoms with Crippen molar-refractivity contribution in [1.82, 2.24) is 4.90 Å². The quantitative estimate of drug-likeness (QED) is 0.692. The van der Waals surface area contributed by atoms with Gasteiger partial charge in [0, 0.05) is 37.4 Å². The third kappa shape index (κ3) is 5.20. The molecule has 0 aromatic rings. The van der Waals surface area contributed by atoms with E-state index in [0.717, 1.165) is 19.3 Å². The van der Waals surface area contributed by atoms with Crippen molar-refractivity contribution >= 4 is 11.9 Å². The topological polar surface area (TPSA) is 55.8 Å². The predicted octanol–water partition coefficient (Wildman–Crippen LogP) is 3.55. The van der Waals surface area contributed by atoms with E-state index in [4.69, 9.17) is 9.47 Å². The Hall–Kier alpha value is -1.10. The number of carbonyl (C=O) groups excluding carboxylic acids is 2. The zero-order chi connectivity index (χ0) is 18.8. The van der Waals surface area contributed by atoms with E-state index >= 15 is 0 Å². The maximum Gasteiger partial charge on any atom is 0.311 e. The molecule has 0 aromatic carbocycles. The molecular formula is C19H35NO4. The third-order valence-corrected chi connectivity index (χ3v) is 5.25. The highest BCUT2D eigenvalue weighted by Gasteiger charge is 2.47. The lowest BCUT2D eigenvalue weighted by Gasteiger charge is -2.55. The second-order valence-electron chi connectivity index (χ2n) is 8.79. The molecule has 0 amide bonds. The minimum absolute atomic E-state index is 0.0849. The lowest BCUT2D eigenvalue weighted by atomic mass is 9.78. The zero-order valence-corrected chi connectivity index (χ0v) is 16.7. The highest BCUT2D eigenvalue weighted by molar-refractivity contribution is 5.76. The molecule has 0 radical (unpaired) electrons. The van der Waals surface area contributed by atoms with Crippen LogP contribution in [0.15, 0.2) is 0 Å². The van der Waals surface area contributed by atoms with Crippen LogP contribution in [0.2, 0.25) is 0 Å². The normalized spacial score (nSPS) is 21.3. The molecule has 0 atom stereocenters. The molecule has 0 unspecified atom stereocenters. The first kappa shape index (κ1) is 20.9. The van der Waals surface area contributed by atoms with E-state index in [1.165, 1.54) is 6.92 Å². The minimum atomic E-state index is -0.444. The van der Waals surface area contributed by atoms with Gasteiger partial charge < -0.3 is 9.47 Å². The summed E-state index contributed by atoms with van der Waals surface area (Å²) in [5.74, 6) is -0.369. The molecule has 24 heavy (non-hydrogen) atoms. The molecule has 1 heterocycles. The summed E-state index contributed by atoms with van der Waals surface area (Å²) in [7, 11) is 0. The van der Waals surface area contributed by atoms with Crippen LogP contribution in [0.5, 0.6) is 0 Å². The zero-order valence-electron chi connectivity index (χ0n) is 16.7. The average Bonchev–Trinajstić information content (AvgIpc) is 2.40. The molecule has 0 aromatic heterocycles. The van der Waals surface area contributed by atoms with Crippen LogP contribution >= 0.6 is 0 Å². The summed E-state index contributed by atoms with van der Waals surface area (Å²) >= 11 is 0. The van der Waals surface area contributed by atoms with Gasteiger partial charge in [-0.3, -0.25) is 14.5 Å². The first-order valence-electron chi connectivity index (χ1n) is 8.94. The Balaban J connectivity index is 2.79. The first-order chi connectivity index (χ1) is 10.8. The Labute approximate surface area is 147 Å². The molecule has 1 fully saturated rings. The molecule has 140 valence electrons. The number of rotatable bonds is 6. The Morgan fingerprint density at radius 2 is 1.62 bits per heavy atom. The Morgan fingerprint density at radius 1 is 1.12 bits per heavy atom. The molecule has 5 nitrogen and oxygen atoms in total. The Kier molecular flexibility index (Phi) is 6.48. The van der Waals surface area contributed by atoms with Gasteiger partial charge in [-0.1, -0.05) is 6.92 Å². The van der Waals surface area contributed by atoms with Crippen molar-refractivity contribution in [3.63, 3.8) is 0 Å². The smallest absolute Gasteiger partial charge is 0.311 e. The second-order valence-corrected chi connectivity index (χ2v) is 8.79. The summed E-state index contributed by atoms with van der Waals surface area (Å²) in [5.41, 5.74) is -0.715. The summed E-state index contributed by atoms with van der Waals surface area (Å²) < 4.78 is 11.0. The monoisotopic (exact) mass is 341 g/mol. The minimum Gasteiger partial charge on any atom is -0.465 e. The molecule has 1 saturated heterocycles. The molecule has 1 aliphatic rings. The van der Waals surface area contributed by atoms with Crippen LogP contribution in [0, 0.1) is 5.41 Å². The van der Waals surface area contributed by atoms with E-state index in [1.807, 2.05) is 20.8 Å². The molecule has 1 rings (SSSR count). The lowest BCUT2D eigenvalue weighted by molar-refractivity contribution is -0.171. The summed E-state index contributed by atoms with van der Waals surface area (Å²) in [6.07, 6.45) is 2.24. The third-order valence-electron chi connectivity index (χ3n) is 5.25. The lowest BCUT2D eigenvalue weighted by Crippen LogP contribution is -2.63. The maximum atomic E-state index is 12.4. The fourth-order valence-corrected chi connectivity index (χ4v) is 3.65. The second kappa shape index (κ2) is 7.42. The van der Waals surface area contributed by atoms with Crippen molar-refractivity contribution in [1.29, 1.82) is 0 Å². The molecule has 0 spiro atoms. The number of carbonyl (C=O) groups is 2. The van der Waals surface area contributed by atoms with Crippen LogP contribution in [-0.4, -0.2) is 47.2 Å². The van der Waals surface area contributed by atoms with Crippen molar-refractivity contribution in [2.45, 2.75) is 91.8 Å². The largest absolute Gasteiger partial charge is 0.465 e. The van der Waals surface area contributed by atoms with E-state index in [0.29, 0.717) is 13.2 Å². The summed E-state index contributed by atoms with van der Waals surface area (Å²) in [6, 6.07) is 0. The molecular weight excluding hydrogens is 306 g/mol. The summed E-state index contributed by atoms with van der Waals surface area (Å²) in [5, 5.41) is 0. The highest BCUT2D eigenvalue weighted by Crippen LogP contribution is 2.40. The maximum absolute atomic E-state index is 12.4. The number of hydrogen-bond acceptors (Lipinski definition) is 5. The van der Waals surface area contributed by atoms with Crippen molar-refractivity contribution in [2.75, 3.05) is 13.2 Å². The van der Waals surface area contributed by atoms with E-state index in [-0.39, 0.29) is 29.1 Å².